The van der Waals surface area contributed by atoms with Gasteiger partial charge < -0.3 is 14.9 Å². The molecule has 0 fully saturated rings. The standard InChI is InChI=1S/C15H8ClNO6/c16-8-1-2-12-9(6-8)14(19)13(23-12)5-7-3-10(17(21)22)15(20)11(18)4-7/h1-6,18,20H/b13-5-. The van der Waals surface area contributed by atoms with Crippen molar-refractivity contribution in [2.75, 3.05) is 0 Å². The van der Waals surface area contributed by atoms with Crippen LogP contribution < -0.4 is 4.74 Å². The number of allylic oxidation sites excluding steroid dienone is 1. The number of Topliss-reactive ketones (excluding diaryl/α,β-unsaturated/α-hetero) is 1. The van der Waals surface area contributed by atoms with Gasteiger partial charge in [-0.1, -0.05) is 11.6 Å². The van der Waals surface area contributed by atoms with Gasteiger partial charge in [-0.05, 0) is 35.9 Å². The topological polar surface area (TPSA) is 110 Å². The highest BCUT2D eigenvalue weighted by Gasteiger charge is 2.28. The summed E-state index contributed by atoms with van der Waals surface area (Å²) < 4.78 is 5.39. The number of ether oxygens (including phenoxy) is 1. The molecule has 116 valence electrons. The molecule has 0 unspecified atom stereocenters. The highest BCUT2D eigenvalue weighted by molar-refractivity contribution is 6.31. The van der Waals surface area contributed by atoms with E-state index in [0.29, 0.717) is 10.8 Å². The summed E-state index contributed by atoms with van der Waals surface area (Å²) in [4.78, 5) is 22.2. The van der Waals surface area contributed by atoms with Crippen LogP contribution in [0.3, 0.4) is 0 Å². The number of fused-ring (bicyclic) bond motifs is 1. The number of nitro benzene ring substituents is 1. The predicted molar refractivity (Wildman–Crippen MR) is 80.8 cm³/mol. The minimum Gasteiger partial charge on any atom is -0.504 e. The Morgan fingerprint density at radius 3 is 2.65 bits per heavy atom. The van der Waals surface area contributed by atoms with Crippen molar-refractivity contribution in [3.63, 3.8) is 0 Å². The Bertz CT molecular complexity index is 890. The molecule has 2 aromatic rings. The van der Waals surface area contributed by atoms with Gasteiger partial charge in [-0.25, -0.2) is 0 Å². The molecule has 23 heavy (non-hydrogen) atoms. The van der Waals surface area contributed by atoms with E-state index in [-0.39, 0.29) is 16.9 Å². The molecular formula is C15H8ClNO6. The van der Waals surface area contributed by atoms with Crippen LogP contribution in [0.25, 0.3) is 6.08 Å². The minimum atomic E-state index is -0.844. The number of ketones is 1. The molecule has 0 aromatic heterocycles. The normalized spacial score (nSPS) is 14.7. The van der Waals surface area contributed by atoms with E-state index in [1.165, 1.54) is 18.2 Å². The molecule has 0 aliphatic carbocycles. The summed E-state index contributed by atoms with van der Waals surface area (Å²) in [7, 11) is 0. The molecule has 8 heteroatoms. The molecular weight excluding hydrogens is 326 g/mol. The number of hydrogen-bond acceptors (Lipinski definition) is 6. The number of halogens is 1. The third kappa shape index (κ3) is 2.58. The van der Waals surface area contributed by atoms with Gasteiger partial charge in [0, 0.05) is 11.1 Å². The summed E-state index contributed by atoms with van der Waals surface area (Å²) in [6.07, 6.45) is 1.24. The van der Waals surface area contributed by atoms with Crippen molar-refractivity contribution in [2.45, 2.75) is 0 Å². The molecule has 0 spiro atoms. The second-order valence-corrected chi connectivity index (χ2v) is 5.18. The molecule has 2 aromatic carbocycles. The first kappa shape index (κ1) is 14.9. The average molecular weight is 334 g/mol. The molecule has 2 N–H and O–H groups in total. The molecule has 0 saturated carbocycles. The van der Waals surface area contributed by atoms with E-state index in [9.17, 15) is 25.1 Å². The molecule has 3 rings (SSSR count). The molecule has 1 aliphatic heterocycles. The van der Waals surface area contributed by atoms with E-state index >= 15 is 0 Å². The number of nitro groups is 1. The number of phenolic OH excluding ortho intramolecular Hbond substituents is 2. The van der Waals surface area contributed by atoms with Crippen molar-refractivity contribution in [3.8, 4) is 17.2 Å². The average Bonchev–Trinajstić information content (AvgIpc) is 2.79. The number of carbonyl (C=O) groups is 1. The summed E-state index contributed by atoms with van der Waals surface area (Å²) in [5.41, 5.74) is -0.265. The fraction of sp³-hybridized carbons (Fsp3) is 0. The Morgan fingerprint density at radius 1 is 1.22 bits per heavy atom. The molecule has 7 nitrogen and oxygen atoms in total. The summed E-state index contributed by atoms with van der Waals surface area (Å²) in [5.74, 6) is -1.69. The Kier molecular flexibility index (Phi) is 3.42. The fourth-order valence-electron chi connectivity index (χ4n) is 2.16. The van der Waals surface area contributed by atoms with Gasteiger partial charge >= 0.3 is 5.69 Å². The van der Waals surface area contributed by atoms with E-state index in [4.69, 9.17) is 16.3 Å². The van der Waals surface area contributed by atoms with E-state index < -0.39 is 27.9 Å². The quantitative estimate of drug-likeness (QED) is 0.378. The van der Waals surface area contributed by atoms with Crippen molar-refractivity contribution >= 4 is 29.1 Å². The van der Waals surface area contributed by atoms with E-state index in [1.54, 1.807) is 6.07 Å². The van der Waals surface area contributed by atoms with Gasteiger partial charge in [0.1, 0.15) is 5.75 Å². The van der Waals surface area contributed by atoms with Crippen LogP contribution in [0.2, 0.25) is 5.02 Å². The third-order valence-electron chi connectivity index (χ3n) is 3.22. The third-order valence-corrected chi connectivity index (χ3v) is 3.45. The van der Waals surface area contributed by atoms with Crippen LogP contribution >= 0.6 is 11.6 Å². The number of aromatic hydroxyl groups is 2. The van der Waals surface area contributed by atoms with Crippen LogP contribution in [-0.2, 0) is 0 Å². The number of nitrogens with zero attached hydrogens (tertiary/aromatic N) is 1. The van der Waals surface area contributed by atoms with Gasteiger partial charge in [0.05, 0.1) is 10.5 Å². The molecule has 0 atom stereocenters. The SMILES string of the molecule is O=C1/C(=C/c2cc(O)c(O)c([N+](=O)[O-])c2)Oc2ccc(Cl)cc21. The molecule has 1 aliphatic rings. The van der Waals surface area contributed by atoms with Crippen molar-refractivity contribution < 1.29 is 24.7 Å². The van der Waals surface area contributed by atoms with E-state index in [1.807, 2.05) is 0 Å². The van der Waals surface area contributed by atoms with Gasteiger partial charge in [0.15, 0.2) is 11.5 Å². The second kappa shape index (κ2) is 5.29. The lowest BCUT2D eigenvalue weighted by Gasteiger charge is -2.02. The number of benzene rings is 2. The zero-order valence-corrected chi connectivity index (χ0v) is 12.1. The van der Waals surface area contributed by atoms with Crippen LogP contribution in [0.4, 0.5) is 5.69 Å². The van der Waals surface area contributed by atoms with Crippen molar-refractivity contribution in [1.82, 2.24) is 0 Å². The lowest BCUT2D eigenvalue weighted by atomic mass is 10.1. The van der Waals surface area contributed by atoms with E-state index in [2.05, 4.69) is 0 Å². The summed E-state index contributed by atoms with van der Waals surface area (Å²) >= 11 is 5.83. The summed E-state index contributed by atoms with van der Waals surface area (Å²) in [6, 6.07) is 6.66. The van der Waals surface area contributed by atoms with Crippen molar-refractivity contribution in [1.29, 1.82) is 0 Å². The zero-order valence-electron chi connectivity index (χ0n) is 11.3. The molecule has 1 heterocycles. The zero-order chi connectivity index (χ0) is 16.7. The number of rotatable bonds is 2. The number of carbonyl (C=O) groups excluding carboxylic acids is 1. The molecule has 0 bridgehead atoms. The number of hydrogen-bond donors (Lipinski definition) is 2. The van der Waals surface area contributed by atoms with Gasteiger partial charge in [-0.15, -0.1) is 0 Å². The van der Waals surface area contributed by atoms with Gasteiger partial charge in [-0.3, -0.25) is 14.9 Å². The highest BCUT2D eigenvalue weighted by atomic mass is 35.5. The van der Waals surface area contributed by atoms with Gasteiger partial charge in [0.2, 0.25) is 11.5 Å². The molecule has 0 saturated heterocycles. The monoisotopic (exact) mass is 333 g/mol. The van der Waals surface area contributed by atoms with Crippen LogP contribution in [0.1, 0.15) is 15.9 Å². The maximum atomic E-state index is 12.2. The van der Waals surface area contributed by atoms with E-state index in [0.717, 1.165) is 12.1 Å². The Balaban J connectivity index is 2.04. The maximum Gasteiger partial charge on any atom is 0.315 e. The maximum absolute atomic E-state index is 12.2. The minimum absolute atomic E-state index is 0.0679. The van der Waals surface area contributed by atoms with Crippen LogP contribution in [0.5, 0.6) is 17.2 Å². The first-order chi connectivity index (χ1) is 10.9. The molecule has 0 radical (unpaired) electrons. The molecule has 0 amide bonds. The lowest BCUT2D eigenvalue weighted by Crippen LogP contribution is -1.98. The summed E-state index contributed by atoms with van der Waals surface area (Å²) in [5, 5.41) is 30.2. The highest BCUT2D eigenvalue weighted by Crippen LogP contribution is 2.38. The first-order valence-electron chi connectivity index (χ1n) is 6.31. The Hall–Kier alpha value is -3.06. The van der Waals surface area contributed by atoms with Crippen molar-refractivity contribution in [2.24, 2.45) is 0 Å². The Labute approximate surface area is 134 Å². The lowest BCUT2D eigenvalue weighted by molar-refractivity contribution is -0.386. The van der Waals surface area contributed by atoms with Crippen LogP contribution in [0.15, 0.2) is 36.1 Å². The largest absolute Gasteiger partial charge is 0.504 e. The Morgan fingerprint density at radius 2 is 1.96 bits per heavy atom. The predicted octanol–water partition coefficient (Wildman–Crippen LogP) is 3.28. The van der Waals surface area contributed by atoms with Gasteiger partial charge in [0.25, 0.3) is 0 Å². The summed E-state index contributed by atoms with van der Waals surface area (Å²) in [6.45, 7) is 0. The smallest absolute Gasteiger partial charge is 0.315 e. The first-order valence-corrected chi connectivity index (χ1v) is 6.69. The van der Waals surface area contributed by atoms with Crippen LogP contribution in [-0.4, -0.2) is 20.9 Å². The number of phenols is 2. The fourth-order valence-corrected chi connectivity index (χ4v) is 2.33. The van der Waals surface area contributed by atoms with Crippen LogP contribution in [0, 0.1) is 10.1 Å². The van der Waals surface area contributed by atoms with Gasteiger partial charge in [-0.2, -0.15) is 0 Å². The second-order valence-electron chi connectivity index (χ2n) is 4.75. The van der Waals surface area contributed by atoms with Crippen molar-refractivity contribution in [3.05, 3.63) is 62.4 Å².